The van der Waals surface area contributed by atoms with Gasteiger partial charge in [0.1, 0.15) is 6.04 Å². The second-order valence-corrected chi connectivity index (χ2v) is 6.73. The van der Waals surface area contributed by atoms with Crippen LogP contribution in [0.4, 0.5) is 5.69 Å². The highest BCUT2D eigenvalue weighted by molar-refractivity contribution is 5.95. The molecule has 1 aromatic heterocycles. The van der Waals surface area contributed by atoms with Crippen molar-refractivity contribution in [2.24, 2.45) is 7.05 Å². The predicted octanol–water partition coefficient (Wildman–Crippen LogP) is 1.83. The summed E-state index contributed by atoms with van der Waals surface area (Å²) in [5.41, 5.74) is 2.59. The summed E-state index contributed by atoms with van der Waals surface area (Å²) in [6.45, 7) is 2.23. The molecule has 1 aliphatic rings. The molecule has 7 nitrogen and oxygen atoms in total. The molecule has 1 fully saturated rings. The number of carbonyl (C=O) groups excluding carboxylic acids is 2. The van der Waals surface area contributed by atoms with Crippen LogP contribution in [0.5, 0.6) is 0 Å². The van der Waals surface area contributed by atoms with Gasteiger partial charge in [-0.3, -0.25) is 14.3 Å². The fourth-order valence-corrected chi connectivity index (χ4v) is 3.03. The molecule has 0 saturated heterocycles. The number of anilines is 1. The van der Waals surface area contributed by atoms with Crippen LogP contribution in [0.2, 0.25) is 0 Å². The van der Waals surface area contributed by atoms with Crippen LogP contribution in [0.25, 0.3) is 0 Å². The molecule has 0 radical (unpaired) electrons. The first-order chi connectivity index (χ1) is 12.5. The SMILES string of the molecule is CNC(C(=O)Nc1ccc(CN(C(C)=O)C2CC2)cc1)c1cnn(C)c1. The molecule has 0 bridgehead atoms. The van der Waals surface area contributed by atoms with Gasteiger partial charge in [0.05, 0.1) is 6.20 Å². The first kappa shape index (κ1) is 18.1. The molecule has 1 atom stereocenters. The van der Waals surface area contributed by atoms with E-state index in [0.29, 0.717) is 12.6 Å². The molecule has 3 rings (SSSR count). The standard InChI is InChI=1S/C19H25N5O2/c1-13(25)24(17-8-9-17)11-14-4-6-16(7-5-14)22-19(26)18(20-2)15-10-21-23(3)12-15/h4-7,10,12,17-18,20H,8-9,11H2,1-3H3,(H,22,26). The van der Waals surface area contributed by atoms with E-state index in [1.165, 1.54) is 0 Å². The van der Waals surface area contributed by atoms with Crippen LogP contribution in [0.3, 0.4) is 0 Å². The predicted molar refractivity (Wildman–Crippen MR) is 99.3 cm³/mol. The maximum atomic E-state index is 12.5. The fourth-order valence-electron chi connectivity index (χ4n) is 3.03. The summed E-state index contributed by atoms with van der Waals surface area (Å²) < 4.78 is 1.67. The third kappa shape index (κ3) is 4.29. The highest BCUT2D eigenvalue weighted by Crippen LogP contribution is 2.28. The van der Waals surface area contributed by atoms with Crippen molar-refractivity contribution in [1.82, 2.24) is 20.0 Å². The molecule has 2 N–H and O–H groups in total. The van der Waals surface area contributed by atoms with Gasteiger partial charge < -0.3 is 15.5 Å². The first-order valence-electron chi connectivity index (χ1n) is 8.80. The van der Waals surface area contributed by atoms with Crippen molar-refractivity contribution in [2.45, 2.75) is 38.4 Å². The molecule has 1 aromatic carbocycles. The lowest BCUT2D eigenvalue weighted by Crippen LogP contribution is -2.30. The van der Waals surface area contributed by atoms with Crippen molar-refractivity contribution in [2.75, 3.05) is 12.4 Å². The number of nitrogens with zero attached hydrogens (tertiary/aromatic N) is 3. The molecule has 0 spiro atoms. The maximum absolute atomic E-state index is 12.5. The Morgan fingerprint density at radius 3 is 2.50 bits per heavy atom. The van der Waals surface area contributed by atoms with E-state index in [9.17, 15) is 9.59 Å². The highest BCUT2D eigenvalue weighted by atomic mass is 16.2. The summed E-state index contributed by atoms with van der Waals surface area (Å²) in [5.74, 6) is -0.0326. The number of likely N-dealkylation sites (N-methyl/N-ethyl adjacent to an activating group) is 1. The average Bonchev–Trinajstić information content (AvgIpc) is 3.36. The number of rotatable bonds is 7. The van der Waals surface area contributed by atoms with Crippen molar-refractivity contribution in [3.63, 3.8) is 0 Å². The van der Waals surface area contributed by atoms with Crippen LogP contribution in [0.1, 0.15) is 36.9 Å². The van der Waals surface area contributed by atoms with Gasteiger partial charge in [-0.25, -0.2) is 0 Å². The summed E-state index contributed by atoms with van der Waals surface area (Å²) in [5, 5.41) is 10.0. The molecule has 2 aromatic rings. The second kappa shape index (κ2) is 7.70. The summed E-state index contributed by atoms with van der Waals surface area (Å²) in [4.78, 5) is 26.2. The van der Waals surface area contributed by atoms with Gasteiger partial charge in [0.25, 0.3) is 0 Å². The van der Waals surface area contributed by atoms with Crippen molar-refractivity contribution in [1.29, 1.82) is 0 Å². The van der Waals surface area contributed by atoms with Gasteiger partial charge in [-0.1, -0.05) is 12.1 Å². The molecular weight excluding hydrogens is 330 g/mol. The third-order valence-corrected chi connectivity index (χ3v) is 4.58. The molecule has 0 aliphatic heterocycles. The summed E-state index contributed by atoms with van der Waals surface area (Å²) >= 11 is 0. The lowest BCUT2D eigenvalue weighted by Gasteiger charge is -2.21. The van der Waals surface area contributed by atoms with Crippen LogP contribution in [-0.4, -0.2) is 39.6 Å². The van der Waals surface area contributed by atoms with Gasteiger partial charge in [-0.15, -0.1) is 0 Å². The normalized spacial score (nSPS) is 14.7. The van der Waals surface area contributed by atoms with Gasteiger partial charge in [-0.05, 0) is 37.6 Å². The minimum Gasteiger partial charge on any atom is -0.336 e. The molecule has 1 aliphatic carbocycles. The number of benzene rings is 1. The number of aryl methyl sites for hydroxylation is 1. The fraction of sp³-hybridized carbons (Fsp3) is 0.421. The number of aromatic nitrogens is 2. The molecule has 1 saturated carbocycles. The molecule has 2 amide bonds. The van der Waals surface area contributed by atoms with Crippen molar-refractivity contribution >= 4 is 17.5 Å². The van der Waals surface area contributed by atoms with Crippen LogP contribution < -0.4 is 10.6 Å². The van der Waals surface area contributed by atoms with Crippen molar-refractivity contribution in [3.8, 4) is 0 Å². The van der Waals surface area contributed by atoms with Crippen LogP contribution in [0, 0.1) is 0 Å². The van der Waals surface area contributed by atoms with E-state index in [1.54, 1.807) is 24.9 Å². The quantitative estimate of drug-likeness (QED) is 0.794. The van der Waals surface area contributed by atoms with Crippen LogP contribution in [-0.2, 0) is 23.2 Å². The minimum absolute atomic E-state index is 0.109. The largest absolute Gasteiger partial charge is 0.336 e. The molecule has 1 unspecified atom stereocenters. The second-order valence-electron chi connectivity index (χ2n) is 6.73. The van der Waals surface area contributed by atoms with Crippen LogP contribution in [0.15, 0.2) is 36.7 Å². The molecular formula is C19H25N5O2. The highest BCUT2D eigenvalue weighted by Gasteiger charge is 2.30. The maximum Gasteiger partial charge on any atom is 0.246 e. The first-order valence-corrected chi connectivity index (χ1v) is 8.80. The van der Waals surface area contributed by atoms with E-state index >= 15 is 0 Å². The van der Waals surface area contributed by atoms with E-state index in [2.05, 4.69) is 15.7 Å². The van der Waals surface area contributed by atoms with Gasteiger partial charge in [0.15, 0.2) is 0 Å². The Morgan fingerprint density at radius 2 is 2.00 bits per heavy atom. The topological polar surface area (TPSA) is 79.3 Å². The van der Waals surface area contributed by atoms with Gasteiger partial charge >= 0.3 is 0 Å². The zero-order valence-corrected chi connectivity index (χ0v) is 15.4. The van der Waals surface area contributed by atoms with E-state index in [-0.39, 0.29) is 11.8 Å². The minimum atomic E-state index is -0.466. The lowest BCUT2D eigenvalue weighted by atomic mass is 10.1. The van der Waals surface area contributed by atoms with Gasteiger partial charge in [0, 0.05) is 44.0 Å². The Kier molecular flexibility index (Phi) is 5.37. The summed E-state index contributed by atoms with van der Waals surface area (Å²) in [6, 6.07) is 7.57. The Labute approximate surface area is 153 Å². The van der Waals surface area contributed by atoms with Gasteiger partial charge in [0.2, 0.25) is 11.8 Å². The molecule has 138 valence electrons. The smallest absolute Gasteiger partial charge is 0.246 e. The zero-order chi connectivity index (χ0) is 18.7. The van der Waals surface area contributed by atoms with E-state index in [0.717, 1.165) is 29.7 Å². The van der Waals surface area contributed by atoms with E-state index in [4.69, 9.17) is 0 Å². The molecule has 26 heavy (non-hydrogen) atoms. The zero-order valence-electron chi connectivity index (χ0n) is 15.4. The van der Waals surface area contributed by atoms with E-state index in [1.807, 2.05) is 42.4 Å². The lowest BCUT2D eigenvalue weighted by molar-refractivity contribution is -0.130. The van der Waals surface area contributed by atoms with E-state index < -0.39 is 6.04 Å². The Morgan fingerprint density at radius 1 is 1.31 bits per heavy atom. The third-order valence-electron chi connectivity index (χ3n) is 4.58. The van der Waals surface area contributed by atoms with Crippen molar-refractivity contribution < 1.29 is 9.59 Å². The number of hydrogen-bond donors (Lipinski definition) is 2. The van der Waals surface area contributed by atoms with Crippen LogP contribution >= 0.6 is 0 Å². The number of hydrogen-bond acceptors (Lipinski definition) is 4. The average molecular weight is 355 g/mol. The number of nitrogens with one attached hydrogen (secondary N) is 2. The van der Waals surface area contributed by atoms with Gasteiger partial charge in [-0.2, -0.15) is 5.10 Å². The summed E-state index contributed by atoms with van der Waals surface area (Å²) in [7, 11) is 3.56. The molecule has 1 heterocycles. The number of amides is 2. The Hall–Kier alpha value is -2.67. The Balaban J connectivity index is 1.63. The monoisotopic (exact) mass is 355 g/mol. The number of carbonyl (C=O) groups is 2. The molecule has 7 heteroatoms. The Bertz CT molecular complexity index is 779. The van der Waals surface area contributed by atoms with Crippen molar-refractivity contribution in [3.05, 3.63) is 47.8 Å². The summed E-state index contributed by atoms with van der Waals surface area (Å²) in [6.07, 6.45) is 5.68.